The van der Waals surface area contributed by atoms with Gasteiger partial charge in [0, 0.05) is 19.7 Å². The smallest absolute Gasteiger partial charge is 0.243 e. The Morgan fingerprint density at radius 2 is 1.84 bits per heavy atom. The highest BCUT2D eigenvalue weighted by Crippen LogP contribution is 2.17. The van der Waals surface area contributed by atoms with Gasteiger partial charge in [0.2, 0.25) is 21.8 Å². The first kappa shape index (κ1) is 18.7. The van der Waals surface area contributed by atoms with E-state index in [9.17, 15) is 18.0 Å². The van der Waals surface area contributed by atoms with Crippen molar-refractivity contribution >= 4 is 27.5 Å². The fraction of sp³-hybridized carbons (Fsp3) is 0.250. The molecule has 0 aliphatic rings. The zero-order valence-electron chi connectivity index (χ0n) is 13.9. The second-order valence-electron chi connectivity index (χ2n) is 5.32. The Bertz CT molecular complexity index is 829. The van der Waals surface area contributed by atoms with E-state index in [4.69, 9.17) is 4.42 Å². The predicted molar refractivity (Wildman–Crippen MR) is 91.1 cm³/mol. The van der Waals surface area contributed by atoms with Gasteiger partial charge >= 0.3 is 0 Å². The van der Waals surface area contributed by atoms with E-state index in [1.807, 2.05) is 0 Å². The maximum Gasteiger partial charge on any atom is 0.243 e. The molecule has 134 valence electrons. The van der Waals surface area contributed by atoms with E-state index in [0.717, 1.165) is 4.31 Å². The summed E-state index contributed by atoms with van der Waals surface area (Å²) >= 11 is 0. The van der Waals surface area contributed by atoms with Gasteiger partial charge < -0.3 is 15.1 Å². The molecule has 0 aliphatic heterocycles. The van der Waals surface area contributed by atoms with E-state index in [0.29, 0.717) is 11.4 Å². The Balaban J connectivity index is 1.97. The maximum atomic E-state index is 12.5. The molecule has 0 bridgehead atoms. The van der Waals surface area contributed by atoms with Crippen molar-refractivity contribution in [1.29, 1.82) is 0 Å². The van der Waals surface area contributed by atoms with E-state index in [2.05, 4.69) is 10.6 Å². The maximum absolute atomic E-state index is 12.5. The molecular formula is C16H19N3O5S. The minimum atomic E-state index is -3.82. The zero-order valence-corrected chi connectivity index (χ0v) is 14.7. The number of carbonyl (C=O) groups is 2. The number of anilines is 1. The molecule has 2 rings (SSSR count). The van der Waals surface area contributed by atoms with Crippen LogP contribution in [0.2, 0.25) is 0 Å². The Kier molecular flexibility index (Phi) is 5.94. The van der Waals surface area contributed by atoms with Gasteiger partial charge in [0.25, 0.3) is 0 Å². The molecule has 0 aliphatic carbocycles. The third-order valence-electron chi connectivity index (χ3n) is 3.29. The van der Waals surface area contributed by atoms with Gasteiger partial charge in [0.15, 0.2) is 0 Å². The lowest BCUT2D eigenvalue weighted by molar-refractivity contribution is -0.121. The van der Waals surface area contributed by atoms with Crippen molar-refractivity contribution in [2.45, 2.75) is 18.4 Å². The standard InChI is InChI=1S/C16H19N3O5S/c1-12(20)18-13-5-7-15(8-6-13)25(22,23)19(2)11-16(21)17-10-14-4-3-9-24-14/h3-9H,10-11H2,1-2H3,(H,17,21)(H,18,20). The van der Waals surface area contributed by atoms with Gasteiger partial charge in [-0.1, -0.05) is 0 Å². The molecule has 25 heavy (non-hydrogen) atoms. The lowest BCUT2D eigenvalue weighted by Gasteiger charge is -2.17. The third-order valence-corrected chi connectivity index (χ3v) is 5.11. The predicted octanol–water partition coefficient (Wildman–Crippen LogP) is 1.17. The average Bonchev–Trinajstić information content (AvgIpc) is 3.06. The third kappa shape index (κ3) is 5.16. The van der Waals surface area contributed by atoms with Gasteiger partial charge in [-0.05, 0) is 36.4 Å². The SMILES string of the molecule is CC(=O)Nc1ccc(S(=O)(=O)N(C)CC(=O)NCc2ccco2)cc1. The van der Waals surface area contributed by atoms with Gasteiger partial charge in [-0.3, -0.25) is 9.59 Å². The van der Waals surface area contributed by atoms with Crippen molar-refractivity contribution in [3.05, 3.63) is 48.4 Å². The zero-order chi connectivity index (χ0) is 18.4. The summed E-state index contributed by atoms with van der Waals surface area (Å²) in [5.41, 5.74) is 0.491. The highest BCUT2D eigenvalue weighted by Gasteiger charge is 2.23. The van der Waals surface area contributed by atoms with Crippen LogP contribution >= 0.6 is 0 Å². The number of nitrogens with zero attached hydrogens (tertiary/aromatic N) is 1. The minimum Gasteiger partial charge on any atom is -0.467 e. The first-order valence-electron chi connectivity index (χ1n) is 7.42. The molecule has 2 amide bonds. The molecule has 8 nitrogen and oxygen atoms in total. The van der Waals surface area contributed by atoms with Crippen LogP contribution in [0.3, 0.4) is 0 Å². The topological polar surface area (TPSA) is 109 Å². The van der Waals surface area contributed by atoms with Crippen LogP contribution in [-0.4, -0.2) is 38.1 Å². The van der Waals surface area contributed by atoms with Crippen LogP contribution < -0.4 is 10.6 Å². The average molecular weight is 365 g/mol. The van der Waals surface area contributed by atoms with Gasteiger partial charge in [-0.25, -0.2) is 8.42 Å². The number of rotatable bonds is 7. The lowest BCUT2D eigenvalue weighted by Crippen LogP contribution is -2.38. The summed E-state index contributed by atoms with van der Waals surface area (Å²) in [4.78, 5) is 22.9. The normalized spacial score (nSPS) is 11.3. The first-order valence-corrected chi connectivity index (χ1v) is 8.86. The molecule has 0 saturated carbocycles. The van der Waals surface area contributed by atoms with Gasteiger partial charge in [0.1, 0.15) is 5.76 Å². The monoisotopic (exact) mass is 365 g/mol. The number of benzene rings is 1. The number of nitrogens with one attached hydrogen (secondary N) is 2. The number of sulfonamides is 1. The number of hydrogen-bond donors (Lipinski definition) is 2. The Morgan fingerprint density at radius 3 is 2.40 bits per heavy atom. The summed E-state index contributed by atoms with van der Waals surface area (Å²) in [6.07, 6.45) is 1.49. The van der Waals surface area contributed by atoms with E-state index in [-0.39, 0.29) is 23.9 Å². The molecule has 0 spiro atoms. The number of hydrogen-bond acceptors (Lipinski definition) is 5. The summed E-state index contributed by atoms with van der Waals surface area (Å²) < 4.78 is 31.0. The molecule has 0 unspecified atom stereocenters. The second-order valence-corrected chi connectivity index (χ2v) is 7.37. The quantitative estimate of drug-likeness (QED) is 0.766. The summed E-state index contributed by atoms with van der Waals surface area (Å²) in [5.74, 6) is -0.120. The summed E-state index contributed by atoms with van der Waals surface area (Å²) in [6, 6.07) is 9.12. The highest BCUT2D eigenvalue weighted by molar-refractivity contribution is 7.89. The Hall–Kier alpha value is -2.65. The van der Waals surface area contributed by atoms with E-state index in [1.165, 1.54) is 44.5 Å². The molecular weight excluding hydrogens is 346 g/mol. The molecule has 1 aromatic heterocycles. The van der Waals surface area contributed by atoms with E-state index >= 15 is 0 Å². The number of furan rings is 1. The summed E-state index contributed by atoms with van der Waals surface area (Å²) in [7, 11) is -2.49. The first-order chi connectivity index (χ1) is 11.8. The van der Waals surface area contributed by atoms with Crippen LogP contribution in [0.1, 0.15) is 12.7 Å². The van der Waals surface area contributed by atoms with Crippen molar-refractivity contribution < 1.29 is 22.4 Å². The number of likely N-dealkylation sites (N-methyl/N-ethyl adjacent to an activating group) is 1. The van der Waals surface area contributed by atoms with Crippen LogP contribution in [0.4, 0.5) is 5.69 Å². The van der Waals surface area contributed by atoms with Gasteiger partial charge in [0.05, 0.1) is 24.2 Å². The summed E-state index contributed by atoms with van der Waals surface area (Å²) in [5, 5.41) is 5.14. The van der Waals surface area contributed by atoms with Crippen LogP contribution in [0.15, 0.2) is 52.0 Å². The Morgan fingerprint density at radius 1 is 1.16 bits per heavy atom. The van der Waals surface area contributed by atoms with Crippen molar-refractivity contribution in [2.75, 3.05) is 18.9 Å². The molecule has 9 heteroatoms. The van der Waals surface area contributed by atoms with Gasteiger partial charge in [-0.15, -0.1) is 0 Å². The molecule has 0 atom stereocenters. The van der Waals surface area contributed by atoms with Crippen molar-refractivity contribution in [1.82, 2.24) is 9.62 Å². The molecule has 1 heterocycles. The van der Waals surface area contributed by atoms with E-state index < -0.39 is 15.9 Å². The van der Waals surface area contributed by atoms with Crippen molar-refractivity contribution in [2.24, 2.45) is 0 Å². The molecule has 0 radical (unpaired) electrons. The second kappa shape index (κ2) is 7.95. The number of carbonyl (C=O) groups excluding carboxylic acids is 2. The molecule has 2 N–H and O–H groups in total. The minimum absolute atomic E-state index is 0.0305. The fourth-order valence-corrected chi connectivity index (χ4v) is 3.16. The van der Waals surface area contributed by atoms with Crippen LogP contribution in [0.5, 0.6) is 0 Å². The highest BCUT2D eigenvalue weighted by atomic mass is 32.2. The number of amides is 2. The molecule has 1 aromatic carbocycles. The van der Waals surface area contributed by atoms with Gasteiger partial charge in [-0.2, -0.15) is 4.31 Å². The molecule has 0 fully saturated rings. The van der Waals surface area contributed by atoms with Crippen molar-refractivity contribution in [3.63, 3.8) is 0 Å². The lowest BCUT2D eigenvalue weighted by atomic mass is 10.3. The Labute approximate surface area is 145 Å². The van der Waals surface area contributed by atoms with E-state index in [1.54, 1.807) is 12.1 Å². The molecule has 0 saturated heterocycles. The van der Waals surface area contributed by atoms with Crippen LogP contribution in [0, 0.1) is 0 Å². The van der Waals surface area contributed by atoms with Crippen molar-refractivity contribution in [3.8, 4) is 0 Å². The molecule has 2 aromatic rings. The largest absolute Gasteiger partial charge is 0.467 e. The summed E-state index contributed by atoms with van der Waals surface area (Å²) in [6.45, 7) is 1.22. The van der Waals surface area contributed by atoms with Crippen LogP contribution in [0.25, 0.3) is 0 Å². The van der Waals surface area contributed by atoms with Crippen LogP contribution in [-0.2, 0) is 26.2 Å². The fourth-order valence-electron chi connectivity index (χ4n) is 2.04.